The van der Waals surface area contributed by atoms with Gasteiger partial charge in [0.25, 0.3) is 5.92 Å². The second-order valence-electron chi connectivity index (χ2n) is 8.29. The van der Waals surface area contributed by atoms with Crippen LogP contribution >= 0.6 is 11.6 Å². The molecule has 1 atom stereocenters. The van der Waals surface area contributed by atoms with Crippen molar-refractivity contribution in [3.05, 3.63) is 28.8 Å². The molecule has 1 unspecified atom stereocenters. The lowest BCUT2D eigenvalue weighted by Gasteiger charge is -2.39. The second kappa shape index (κ2) is 6.80. The first-order chi connectivity index (χ1) is 11.3. The maximum Gasteiger partial charge on any atom is 0.282 e. The van der Waals surface area contributed by atoms with Crippen LogP contribution in [0.3, 0.4) is 0 Å². The van der Waals surface area contributed by atoms with Crippen molar-refractivity contribution in [3.8, 4) is 0 Å². The van der Waals surface area contributed by atoms with E-state index < -0.39 is 26.3 Å². The SMILES string of the molecule is CC(C)(C)[Si](C)(C)OCCC1(O)c2cc(Cl)ccc2NCCC1(F)F. The number of hydrogen-bond donors (Lipinski definition) is 2. The van der Waals surface area contributed by atoms with Crippen LogP contribution in [0.5, 0.6) is 0 Å². The van der Waals surface area contributed by atoms with Crippen molar-refractivity contribution in [3.63, 3.8) is 0 Å². The summed E-state index contributed by atoms with van der Waals surface area (Å²) < 4.78 is 35.6. The minimum absolute atomic E-state index is 0.0235. The average molecular weight is 392 g/mol. The average Bonchev–Trinajstić information content (AvgIpc) is 2.54. The van der Waals surface area contributed by atoms with Gasteiger partial charge in [0.1, 0.15) is 0 Å². The lowest BCUT2D eigenvalue weighted by molar-refractivity contribution is -0.194. The smallest absolute Gasteiger partial charge is 0.282 e. The van der Waals surface area contributed by atoms with Crippen LogP contribution in [-0.4, -0.2) is 32.5 Å². The number of benzene rings is 1. The van der Waals surface area contributed by atoms with Gasteiger partial charge in [-0.2, -0.15) is 0 Å². The fourth-order valence-corrected chi connectivity index (χ4v) is 3.98. The molecule has 0 amide bonds. The summed E-state index contributed by atoms with van der Waals surface area (Å²) in [6.45, 7) is 10.6. The van der Waals surface area contributed by atoms with Gasteiger partial charge in [0.2, 0.25) is 0 Å². The molecular formula is C18H28ClF2NO2Si. The van der Waals surface area contributed by atoms with E-state index in [9.17, 15) is 13.9 Å². The molecule has 0 saturated carbocycles. The first-order valence-corrected chi connectivity index (χ1v) is 11.9. The third kappa shape index (κ3) is 4.02. The van der Waals surface area contributed by atoms with Crippen LogP contribution < -0.4 is 5.32 Å². The number of hydrogen-bond acceptors (Lipinski definition) is 3. The third-order valence-electron chi connectivity index (χ3n) is 5.52. The molecule has 2 rings (SSSR count). The van der Waals surface area contributed by atoms with Crippen molar-refractivity contribution in [2.75, 3.05) is 18.5 Å². The van der Waals surface area contributed by atoms with Gasteiger partial charge in [-0.15, -0.1) is 0 Å². The molecule has 3 nitrogen and oxygen atoms in total. The number of halogens is 3. The zero-order valence-corrected chi connectivity index (χ0v) is 17.3. The maximum atomic E-state index is 14.8. The summed E-state index contributed by atoms with van der Waals surface area (Å²) in [6, 6.07) is 4.69. The number of aliphatic hydroxyl groups is 1. The normalized spacial score (nSPS) is 23.6. The largest absolute Gasteiger partial charge is 0.417 e. The Balaban J connectivity index is 2.31. The predicted molar refractivity (Wildman–Crippen MR) is 101 cm³/mol. The van der Waals surface area contributed by atoms with Crippen LogP contribution in [-0.2, 0) is 10.0 Å². The van der Waals surface area contributed by atoms with Crippen LogP contribution in [0.15, 0.2) is 18.2 Å². The van der Waals surface area contributed by atoms with Gasteiger partial charge in [0.15, 0.2) is 13.9 Å². The van der Waals surface area contributed by atoms with Crippen LogP contribution in [0.4, 0.5) is 14.5 Å². The molecule has 0 aliphatic carbocycles. The molecule has 142 valence electrons. The van der Waals surface area contributed by atoms with Crippen molar-refractivity contribution < 1.29 is 18.3 Å². The lowest BCUT2D eigenvalue weighted by atomic mass is 9.83. The van der Waals surface area contributed by atoms with Crippen molar-refractivity contribution in [1.29, 1.82) is 0 Å². The number of anilines is 1. The Kier molecular flexibility index (Phi) is 5.61. The van der Waals surface area contributed by atoms with Crippen LogP contribution in [0.25, 0.3) is 0 Å². The molecule has 1 aromatic carbocycles. The molecule has 1 heterocycles. The van der Waals surface area contributed by atoms with E-state index in [-0.39, 0.29) is 30.2 Å². The highest BCUT2D eigenvalue weighted by Gasteiger charge is 2.55. The Labute approximate surface area is 154 Å². The molecule has 25 heavy (non-hydrogen) atoms. The third-order valence-corrected chi connectivity index (χ3v) is 10.3. The number of alkyl halides is 2. The Bertz CT molecular complexity index is 634. The topological polar surface area (TPSA) is 41.5 Å². The van der Waals surface area contributed by atoms with Gasteiger partial charge in [0.05, 0.1) is 0 Å². The molecule has 0 saturated heterocycles. The monoisotopic (exact) mass is 391 g/mol. The maximum absolute atomic E-state index is 14.8. The van der Waals surface area contributed by atoms with E-state index in [4.69, 9.17) is 16.0 Å². The fourth-order valence-electron chi connectivity index (χ4n) is 2.76. The van der Waals surface area contributed by atoms with Crippen molar-refractivity contribution >= 4 is 25.6 Å². The van der Waals surface area contributed by atoms with Gasteiger partial charge in [0, 0.05) is 42.3 Å². The molecule has 0 spiro atoms. The fraction of sp³-hybridized carbons (Fsp3) is 0.667. The summed E-state index contributed by atoms with van der Waals surface area (Å²) in [4.78, 5) is 0. The zero-order valence-electron chi connectivity index (χ0n) is 15.5. The summed E-state index contributed by atoms with van der Waals surface area (Å²) in [5.74, 6) is -3.27. The van der Waals surface area contributed by atoms with E-state index in [2.05, 4.69) is 39.2 Å². The highest BCUT2D eigenvalue weighted by molar-refractivity contribution is 6.74. The van der Waals surface area contributed by atoms with E-state index in [0.29, 0.717) is 10.7 Å². The Morgan fingerprint density at radius 1 is 1.32 bits per heavy atom. The summed E-state index contributed by atoms with van der Waals surface area (Å²) in [5, 5.41) is 14.3. The first kappa shape index (κ1) is 20.6. The Hall–Kier alpha value is -0.693. The first-order valence-electron chi connectivity index (χ1n) is 8.58. The highest BCUT2D eigenvalue weighted by atomic mass is 35.5. The molecule has 7 heteroatoms. The van der Waals surface area contributed by atoms with Crippen molar-refractivity contribution in [2.45, 2.75) is 63.3 Å². The van der Waals surface area contributed by atoms with Gasteiger partial charge >= 0.3 is 0 Å². The van der Waals surface area contributed by atoms with Crippen LogP contribution in [0.2, 0.25) is 23.2 Å². The summed E-state index contributed by atoms with van der Waals surface area (Å²) in [5.41, 5.74) is -1.67. The standard InChI is InChI=1S/C18H28ClF2NO2Si/c1-16(2,3)25(4,5)24-11-9-17(23)14-12-13(19)6-7-15(14)22-10-8-18(17,20)21/h6-7,12,22-23H,8-11H2,1-5H3. The summed E-state index contributed by atoms with van der Waals surface area (Å²) >= 11 is 6.01. The van der Waals surface area contributed by atoms with Gasteiger partial charge in [-0.05, 0) is 36.3 Å². The molecule has 1 aliphatic rings. The molecular weight excluding hydrogens is 364 g/mol. The summed E-state index contributed by atoms with van der Waals surface area (Å²) in [7, 11) is -2.08. The molecule has 0 bridgehead atoms. The number of nitrogens with one attached hydrogen (secondary N) is 1. The van der Waals surface area contributed by atoms with Crippen molar-refractivity contribution in [1.82, 2.24) is 0 Å². The summed E-state index contributed by atoms with van der Waals surface area (Å²) in [6.07, 6.45) is -0.628. The van der Waals surface area contributed by atoms with Crippen LogP contribution in [0, 0.1) is 0 Å². The van der Waals surface area contributed by atoms with E-state index in [1.807, 2.05) is 0 Å². The Morgan fingerprint density at radius 3 is 2.56 bits per heavy atom. The minimum Gasteiger partial charge on any atom is -0.417 e. The van der Waals surface area contributed by atoms with E-state index >= 15 is 0 Å². The van der Waals surface area contributed by atoms with E-state index in [1.165, 1.54) is 6.07 Å². The van der Waals surface area contributed by atoms with Gasteiger partial charge in [-0.1, -0.05) is 32.4 Å². The zero-order chi connectivity index (χ0) is 19.1. The number of rotatable bonds is 4. The van der Waals surface area contributed by atoms with E-state index in [0.717, 1.165) is 0 Å². The second-order valence-corrected chi connectivity index (χ2v) is 13.5. The molecule has 1 aliphatic heterocycles. The molecule has 0 fully saturated rings. The molecule has 2 N–H and O–H groups in total. The Morgan fingerprint density at radius 2 is 1.96 bits per heavy atom. The molecule has 1 aromatic rings. The van der Waals surface area contributed by atoms with Crippen molar-refractivity contribution in [2.24, 2.45) is 0 Å². The molecule has 0 radical (unpaired) electrons. The number of fused-ring (bicyclic) bond motifs is 1. The predicted octanol–water partition coefficient (Wildman–Crippen LogP) is 5.39. The van der Waals surface area contributed by atoms with Gasteiger partial charge in [-0.25, -0.2) is 8.78 Å². The minimum atomic E-state index is -3.27. The molecule has 0 aromatic heterocycles. The quantitative estimate of drug-likeness (QED) is 0.676. The van der Waals surface area contributed by atoms with Crippen LogP contribution in [0.1, 0.15) is 39.2 Å². The lowest BCUT2D eigenvalue weighted by Crippen LogP contribution is -2.47. The van der Waals surface area contributed by atoms with Gasteiger partial charge < -0.3 is 14.8 Å². The van der Waals surface area contributed by atoms with E-state index in [1.54, 1.807) is 12.1 Å². The highest BCUT2D eigenvalue weighted by Crippen LogP contribution is 2.48. The van der Waals surface area contributed by atoms with Gasteiger partial charge in [-0.3, -0.25) is 0 Å².